The van der Waals surface area contributed by atoms with Gasteiger partial charge in [-0.25, -0.2) is 14.1 Å². The van der Waals surface area contributed by atoms with Crippen LogP contribution in [-0.2, 0) is 35.8 Å². The Hall–Kier alpha value is -2.02. The molecule has 2 aliphatic rings. The molecule has 1 saturated carbocycles. The Labute approximate surface area is 240 Å². The molecule has 0 amide bonds. The first-order chi connectivity index (χ1) is 18.8. The lowest BCUT2D eigenvalue weighted by molar-refractivity contribution is 0.0756. The van der Waals surface area contributed by atoms with Crippen molar-refractivity contribution in [3.8, 4) is 11.5 Å². The van der Waals surface area contributed by atoms with E-state index in [9.17, 15) is 0 Å². The van der Waals surface area contributed by atoms with Crippen LogP contribution in [0.1, 0.15) is 31.5 Å². The Morgan fingerprint density at radius 1 is 1.05 bits per heavy atom. The Bertz CT molecular complexity index is 1370. The highest BCUT2D eigenvalue weighted by Gasteiger charge is 2.54. The van der Waals surface area contributed by atoms with E-state index in [1.54, 1.807) is 0 Å². The van der Waals surface area contributed by atoms with E-state index in [0.717, 1.165) is 48.4 Å². The zero-order valence-electron chi connectivity index (χ0n) is 25.8. The lowest BCUT2D eigenvalue weighted by Gasteiger charge is -2.20. The molecule has 3 aromatic rings. The molecule has 0 saturated heterocycles. The van der Waals surface area contributed by atoms with Crippen LogP contribution in [0.25, 0.3) is 22.6 Å². The van der Waals surface area contributed by atoms with Crippen molar-refractivity contribution in [3.63, 3.8) is 0 Å². The second-order valence-corrected chi connectivity index (χ2v) is 25.9. The molecule has 0 aliphatic heterocycles. The van der Waals surface area contributed by atoms with Crippen molar-refractivity contribution in [2.45, 2.75) is 97.9 Å². The molecular formula is C30H48FN5O2Si2. The van der Waals surface area contributed by atoms with Crippen LogP contribution in [0.4, 0.5) is 10.1 Å². The topological polar surface area (TPSA) is 66.1 Å². The van der Waals surface area contributed by atoms with Gasteiger partial charge in [-0.2, -0.15) is 5.10 Å². The van der Waals surface area contributed by atoms with Crippen molar-refractivity contribution < 1.29 is 13.9 Å². The van der Waals surface area contributed by atoms with E-state index in [-0.39, 0.29) is 5.82 Å². The number of nitrogens with zero attached hydrogens (tertiary/aromatic N) is 4. The number of benzene rings is 1. The highest BCUT2D eigenvalue weighted by molar-refractivity contribution is 6.76. The Kier molecular flexibility index (Phi) is 8.10. The first-order valence-corrected chi connectivity index (χ1v) is 22.4. The summed E-state index contributed by atoms with van der Waals surface area (Å²) in [5.74, 6) is 1.04. The van der Waals surface area contributed by atoms with Crippen LogP contribution < -0.4 is 5.32 Å². The number of imidazole rings is 1. The third-order valence-electron chi connectivity index (χ3n) is 8.55. The molecule has 2 atom stereocenters. The van der Waals surface area contributed by atoms with E-state index in [1.807, 2.05) is 17.6 Å². The highest BCUT2D eigenvalue weighted by Crippen LogP contribution is 2.60. The van der Waals surface area contributed by atoms with Crippen molar-refractivity contribution in [2.75, 3.05) is 25.1 Å². The minimum absolute atomic E-state index is 0.320. The number of fused-ring (bicyclic) bond motifs is 3. The van der Waals surface area contributed by atoms with E-state index in [1.165, 1.54) is 23.7 Å². The summed E-state index contributed by atoms with van der Waals surface area (Å²) >= 11 is 0. The van der Waals surface area contributed by atoms with Crippen LogP contribution in [0, 0.1) is 17.2 Å². The molecule has 2 aliphatic carbocycles. The molecule has 1 fully saturated rings. The molecule has 10 heteroatoms. The molecule has 2 aromatic heterocycles. The summed E-state index contributed by atoms with van der Waals surface area (Å²) in [6.45, 7) is 21.5. The predicted molar refractivity (Wildman–Crippen MR) is 167 cm³/mol. The molecular weight excluding hydrogens is 538 g/mol. The molecule has 220 valence electrons. The summed E-state index contributed by atoms with van der Waals surface area (Å²) in [6.07, 6.45) is 3.23. The summed E-state index contributed by atoms with van der Waals surface area (Å²) in [6, 6.07) is 5.72. The van der Waals surface area contributed by atoms with Gasteiger partial charge in [0.2, 0.25) is 0 Å². The summed E-state index contributed by atoms with van der Waals surface area (Å²) < 4.78 is 31.9. The smallest absolute Gasteiger partial charge is 0.164 e. The van der Waals surface area contributed by atoms with Gasteiger partial charge in [-0.3, -0.25) is 4.57 Å². The van der Waals surface area contributed by atoms with Crippen molar-refractivity contribution in [1.29, 1.82) is 0 Å². The van der Waals surface area contributed by atoms with Gasteiger partial charge in [-0.15, -0.1) is 0 Å². The zero-order valence-corrected chi connectivity index (χ0v) is 27.8. The van der Waals surface area contributed by atoms with Gasteiger partial charge in [-0.1, -0.05) is 46.2 Å². The van der Waals surface area contributed by atoms with Crippen LogP contribution >= 0.6 is 0 Å². The summed E-state index contributed by atoms with van der Waals surface area (Å²) in [4.78, 5) is 4.90. The second kappa shape index (κ2) is 11.0. The van der Waals surface area contributed by atoms with Gasteiger partial charge in [-0.05, 0) is 61.7 Å². The molecule has 7 nitrogen and oxygen atoms in total. The lowest BCUT2D eigenvalue weighted by atomic mass is 9.87. The predicted octanol–water partition coefficient (Wildman–Crippen LogP) is 7.22. The molecule has 0 radical (unpaired) electrons. The van der Waals surface area contributed by atoms with Gasteiger partial charge < -0.3 is 14.8 Å². The van der Waals surface area contributed by atoms with E-state index in [2.05, 4.69) is 56.2 Å². The fourth-order valence-electron chi connectivity index (χ4n) is 5.76. The van der Waals surface area contributed by atoms with Crippen LogP contribution in [0.5, 0.6) is 0 Å². The fraction of sp³-hybridized carbons (Fsp3) is 0.667. The normalized spacial score (nSPS) is 20.6. The van der Waals surface area contributed by atoms with E-state index in [0.29, 0.717) is 49.3 Å². The van der Waals surface area contributed by atoms with Gasteiger partial charge in [0, 0.05) is 52.9 Å². The first kappa shape index (κ1) is 29.5. The summed E-state index contributed by atoms with van der Waals surface area (Å²) in [5, 5.41) is 8.39. The van der Waals surface area contributed by atoms with Gasteiger partial charge in [0.25, 0.3) is 0 Å². The fourth-order valence-corrected chi connectivity index (χ4v) is 7.28. The number of nitrogens with one attached hydrogen (secondary N) is 1. The molecule has 1 aromatic carbocycles. The average molecular weight is 586 g/mol. The zero-order chi connectivity index (χ0) is 28.9. The number of hydrogen-bond acceptors (Lipinski definition) is 5. The number of hydrogen-bond donors (Lipinski definition) is 1. The van der Waals surface area contributed by atoms with Gasteiger partial charge in [0.1, 0.15) is 24.7 Å². The third-order valence-corrected chi connectivity index (χ3v) is 12.0. The maximum absolute atomic E-state index is 15.4. The molecule has 1 N–H and O–H groups in total. The minimum atomic E-state index is -1.24. The van der Waals surface area contributed by atoms with Crippen LogP contribution in [0.15, 0.2) is 12.1 Å². The van der Waals surface area contributed by atoms with Crippen LogP contribution in [-0.4, -0.2) is 55.2 Å². The maximum Gasteiger partial charge on any atom is 0.164 e. The SMILES string of the molecule is CCNc1cc(F)c2nc(-c3nn(COCC[Si](C)(C)C)c4c3C[C@@H]3C[C@]3(C)C4)n(COCC[Si](C)(C)C)c2c1. The quantitative estimate of drug-likeness (QED) is 0.169. The number of rotatable bonds is 13. The van der Waals surface area contributed by atoms with E-state index in [4.69, 9.17) is 19.6 Å². The Morgan fingerprint density at radius 2 is 1.73 bits per heavy atom. The number of halogens is 1. The molecule has 2 heterocycles. The molecule has 40 heavy (non-hydrogen) atoms. The van der Waals surface area contributed by atoms with E-state index >= 15 is 4.39 Å². The largest absolute Gasteiger partial charge is 0.385 e. The maximum atomic E-state index is 15.4. The summed E-state index contributed by atoms with van der Waals surface area (Å²) in [5.41, 5.74) is 5.57. The third kappa shape index (κ3) is 6.40. The number of aromatic nitrogens is 4. The number of ether oxygens (including phenoxy) is 2. The van der Waals surface area contributed by atoms with Crippen molar-refractivity contribution in [1.82, 2.24) is 19.3 Å². The highest BCUT2D eigenvalue weighted by atomic mass is 28.3. The van der Waals surface area contributed by atoms with Gasteiger partial charge in [0.05, 0.1) is 5.52 Å². The average Bonchev–Trinajstić information content (AvgIpc) is 3.20. The lowest BCUT2D eigenvalue weighted by Crippen LogP contribution is -2.23. The monoisotopic (exact) mass is 585 g/mol. The number of anilines is 1. The first-order valence-electron chi connectivity index (χ1n) is 15.0. The second-order valence-electron chi connectivity index (χ2n) is 14.6. The minimum Gasteiger partial charge on any atom is -0.385 e. The summed E-state index contributed by atoms with van der Waals surface area (Å²) in [7, 11) is -2.42. The standard InChI is InChI=1S/C30H48FN5O2Si2/c1-9-32-22-15-24(31)28-25(16-22)35(19-37-10-12-39(3,4)5)29(33-28)27-23-14-21-17-30(21,2)18-26(23)36(34-27)20-38-11-13-40(6,7)8/h15-16,21,32H,9-14,17-20H2,1-8H3/t21-,30-/m1/s1. The molecule has 5 rings (SSSR count). The van der Waals surface area contributed by atoms with Crippen molar-refractivity contribution in [2.24, 2.45) is 11.3 Å². The van der Waals surface area contributed by atoms with Gasteiger partial charge >= 0.3 is 0 Å². The molecule has 0 unspecified atom stereocenters. The Morgan fingerprint density at radius 3 is 2.38 bits per heavy atom. The van der Waals surface area contributed by atoms with Gasteiger partial charge in [0.15, 0.2) is 11.6 Å². The van der Waals surface area contributed by atoms with Crippen LogP contribution in [0.3, 0.4) is 0 Å². The van der Waals surface area contributed by atoms with Crippen molar-refractivity contribution in [3.05, 3.63) is 29.2 Å². The molecule has 0 bridgehead atoms. The van der Waals surface area contributed by atoms with Crippen molar-refractivity contribution >= 4 is 32.9 Å². The molecule has 0 spiro atoms. The van der Waals surface area contributed by atoms with Crippen LogP contribution in [0.2, 0.25) is 51.4 Å². The van der Waals surface area contributed by atoms with E-state index < -0.39 is 16.1 Å². The Balaban J connectivity index is 1.53.